The van der Waals surface area contributed by atoms with Gasteiger partial charge in [0.05, 0.1) is 22.8 Å². The van der Waals surface area contributed by atoms with Crippen LogP contribution in [0, 0.1) is 74.2 Å². The summed E-state index contributed by atoms with van der Waals surface area (Å²) < 4.78 is 0. The number of hydrogen-bond donors (Lipinski definition) is 3. The Labute approximate surface area is 371 Å². The van der Waals surface area contributed by atoms with Gasteiger partial charge in [-0.15, -0.1) is 0 Å². The number of fused-ring (bicyclic) bond motifs is 8. The topological polar surface area (TPSA) is 77.6 Å². The molecule has 5 heteroatoms. The van der Waals surface area contributed by atoms with Crippen LogP contribution in [0.2, 0.25) is 0 Å². The number of rotatable bonds is 4. The van der Waals surface area contributed by atoms with Gasteiger partial charge in [-0.05, 0) is 192 Å². The second-order valence-corrected chi connectivity index (χ2v) is 18.2. The van der Waals surface area contributed by atoms with Crippen LogP contribution in [0.4, 0.5) is 0 Å². The van der Waals surface area contributed by atoms with Crippen molar-refractivity contribution in [3.05, 3.63) is 163 Å². The van der Waals surface area contributed by atoms with E-state index >= 15 is 0 Å². The smallest absolute Gasteiger partial charge is 0.120 e. The van der Waals surface area contributed by atoms with Gasteiger partial charge in [0.1, 0.15) is 5.60 Å². The Morgan fingerprint density at radius 1 is 0.413 bits per heavy atom. The molecule has 5 heterocycles. The summed E-state index contributed by atoms with van der Waals surface area (Å²) >= 11 is 0. The maximum Gasteiger partial charge on any atom is 0.120 e. The van der Waals surface area contributed by atoms with E-state index in [1.165, 1.54) is 66.8 Å². The molecule has 0 spiro atoms. The molecule has 3 aromatic heterocycles. The molecule has 0 saturated heterocycles. The molecule has 9 rings (SSSR count). The van der Waals surface area contributed by atoms with Gasteiger partial charge >= 0.3 is 0 Å². The van der Waals surface area contributed by atoms with Crippen molar-refractivity contribution in [2.75, 3.05) is 0 Å². The number of aromatic nitrogens is 4. The Hall–Kier alpha value is -7.00. The third kappa shape index (κ3) is 7.77. The number of aliphatic hydroxyl groups is 1. The summed E-state index contributed by atoms with van der Waals surface area (Å²) in [6.07, 6.45) is 8.68. The van der Waals surface area contributed by atoms with Gasteiger partial charge in [0.25, 0.3) is 0 Å². The van der Waals surface area contributed by atoms with E-state index in [0.717, 1.165) is 78.2 Å². The molecule has 0 amide bonds. The van der Waals surface area contributed by atoms with E-state index in [9.17, 15) is 5.11 Å². The highest BCUT2D eigenvalue weighted by molar-refractivity contribution is 6.01. The highest BCUT2D eigenvalue weighted by atomic mass is 16.3. The van der Waals surface area contributed by atoms with Gasteiger partial charge in [-0.3, -0.25) is 0 Å². The molecule has 5 nitrogen and oxygen atoms in total. The zero-order valence-corrected chi connectivity index (χ0v) is 38.2. The Morgan fingerprint density at radius 2 is 0.714 bits per heavy atom. The molecule has 63 heavy (non-hydrogen) atoms. The zero-order valence-electron chi connectivity index (χ0n) is 38.2. The summed E-state index contributed by atoms with van der Waals surface area (Å²) in [5.74, 6) is 6.10. The quantitative estimate of drug-likeness (QED) is 0.155. The average Bonchev–Trinajstić information content (AvgIpc) is 4.04. The molecule has 0 saturated carbocycles. The summed E-state index contributed by atoms with van der Waals surface area (Å²) in [6, 6.07) is 30.6. The Morgan fingerprint density at radius 3 is 1.03 bits per heavy atom. The van der Waals surface area contributed by atoms with Crippen LogP contribution in [0.25, 0.3) is 90.9 Å². The summed E-state index contributed by atoms with van der Waals surface area (Å²) in [5.41, 5.74) is 26.7. The molecule has 0 aliphatic carbocycles. The lowest BCUT2D eigenvalue weighted by atomic mass is 9.92. The molecule has 0 radical (unpaired) electrons. The van der Waals surface area contributed by atoms with Crippen molar-refractivity contribution in [3.8, 4) is 56.3 Å². The standard InChI is InChI=1S/C58H54N4O/c1-32-26-35(4)51(36(5)27-32)55-45-18-16-43(59-45)54(42-14-12-41(13-15-42)24-25-58(10,11)63)44-17-19-46(60-44)56(52-37(6)28-33(2)29-38(52)7)48-21-23-50(62-48)57(49-22-20-47(55)61-49)53-39(8)30-34(3)31-40(53)9/h12-23,26-31,59,62-63H,1-11H3. The normalized spacial score (nSPS) is 12.2. The first-order valence-corrected chi connectivity index (χ1v) is 21.8. The van der Waals surface area contributed by atoms with E-state index in [-0.39, 0.29) is 0 Å². The first-order chi connectivity index (χ1) is 30.0. The number of hydrogen-bond acceptors (Lipinski definition) is 3. The molecule has 0 atom stereocenters. The maximum absolute atomic E-state index is 10.3. The van der Waals surface area contributed by atoms with Crippen LogP contribution in [0.1, 0.15) is 92.3 Å². The maximum atomic E-state index is 10.3. The number of benzene rings is 4. The van der Waals surface area contributed by atoms with Gasteiger partial charge in [0.2, 0.25) is 0 Å². The predicted octanol–water partition coefficient (Wildman–Crippen LogP) is 14.2. The van der Waals surface area contributed by atoms with Crippen LogP contribution in [0.5, 0.6) is 0 Å². The van der Waals surface area contributed by atoms with E-state index in [1.807, 2.05) is 12.1 Å². The summed E-state index contributed by atoms with van der Waals surface area (Å²) in [7, 11) is 0. The summed E-state index contributed by atoms with van der Waals surface area (Å²) in [6.45, 7) is 23.1. The van der Waals surface area contributed by atoms with Crippen molar-refractivity contribution >= 4 is 46.4 Å². The molecule has 0 unspecified atom stereocenters. The molecule has 3 N–H and O–H groups in total. The van der Waals surface area contributed by atoms with Gasteiger partial charge in [0, 0.05) is 49.9 Å². The van der Waals surface area contributed by atoms with Crippen LogP contribution in [-0.4, -0.2) is 30.6 Å². The number of H-pyrrole nitrogens is 2. The summed E-state index contributed by atoms with van der Waals surface area (Å²) in [5, 5.41) is 10.3. The second-order valence-electron chi connectivity index (χ2n) is 18.2. The van der Waals surface area contributed by atoms with Crippen molar-refractivity contribution in [1.82, 2.24) is 19.9 Å². The van der Waals surface area contributed by atoms with E-state index in [4.69, 9.17) is 9.97 Å². The Balaban J connectivity index is 1.48. The van der Waals surface area contributed by atoms with Crippen LogP contribution in [-0.2, 0) is 0 Å². The van der Waals surface area contributed by atoms with Gasteiger partial charge < -0.3 is 15.1 Å². The lowest BCUT2D eigenvalue weighted by Gasteiger charge is -2.14. The molecule has 2 aliphatic rings. The fourth-order valence-electron chi connectivity index (χ4n) is 9.97. The molecular weight excluding hydrogens is 769 g/mol. The first-order valence-electron chi connectivity index (χ1n) is 21.8. The number of nitrogens with zero attached hydrogens (tertiary/aromatic N) is 2. The lowest BCUT2D eigenvalue weighted by Crippen LogP contribution is -2.14. The highest BCUT2D eigenvalue weighted by Crippen LogP contribution is 2.42. The molecular formula is C58H54N4O. The molecule has 8 bridgehead atoms. The van der Waals surface area contributed by atoms with Gasteiger partial charge in [-0.1, -0.05) is 77.1 Å². The molecule has 312 valence electrons. The first kappa shape index (κ1) is 41.4. The van der Waals surface area contributed by atoms with Crippen molar-refractivity contribution < 1.29 is 5.11 Å². The fourth-order valence-corrected chi connectivity index (χ4v) is 9.97. The third-order valence-electron chi connectivity index (χ3n) is 12.2. The van der Waals surface area contributed by atoms with Crippen molar-refractivity contribution in [2.45, 2.75) is 81.8 Å². The van der Waals surface area contributed by atoms with Gasteiger partial charge in [0.15, 0.2) is 0 Å². The van der Waals surface area contributed by atoms with Crippen LogP contribution in [0.15, 0.2) is 84.9 Å². The van der Waals surface area contributed by atoms with Crippen molar-refractivity contribution in [1.29, 1.82) is 0 Å². The molecule has 4 aromatic carbocycles. The van der Waals surface area contributed by atoms with Crippen LogP contribution in [0.3, 0.4) is 0 Å². The van der Waals surface area contributed by atoms with Crippen molar-refractivity contribution in [2.24, 2.45) is 0 Å². The minimum absolute atomic E-state index is 0.827. The highest BCUT2D eigenvalue weighted by Gasteiger charge is 2.22. The monoisotopic (exact) mass is 822 g/mol. The van der Waals surface area contributed by atoms with E-state index in [1.54, 1.807) is 13.8 Å². The Kier molecular flexibility index (Phi) is 10.3. The van der Waals surface area contributed by atoms with Crippen LogP contribution < -0.4 is 0 Å². The van der Waals surface area contributed by atoms with Crippen LogP contribution >= 0.6 is 0 Å². The average molecular weight is 823 g/mol. The number of aryl methyl sites for hydroxylation is 9. The minimum Gasteiger partial charge on any atom is -0.378 e. The zero-order chi connectivity index (χ0) is 44.5. The largest absolute Gasteiger partial charge is 0.378 e. The predicted molar refractivity (Wildman–Crippen MR) is 266 cm³/mol. The lowest BCUT2D eigenvalue weighted by molar-refractivity contribution is 0.143. The fraction of sp³-hybridized carbons (Fsp3) is 0.207. The molecule has 0 fully saturated rings. The Bertz CT molecular complexity index is 3220. The number of nitrogens with one attached hydrogen (secondary N) is 2. The summed E-state index contributed by atoms with van der Waals surface area (Å²) in [4.78, 5) is 19.1. The van der Waals surface area contributed by atoms with Gasteiger partial charge in [-0.2, -0.15) is 0 Å². The van der Waals surface area contributed by atoms with Gasteiger partial charge in [-0.25, -0.2) is 9.97 Å². The third-order valence-corrected chi connectivity index (χ3v) is 12.2. The van der Waals surface area contributed by atoms with E-state index in [0.29, 0.717) is 0 Å². The van der Waals surface area contributed by atoms with Crippen molar-refractivity contribution in [3.63, 3.8) is 0 Å². The van der Waals surface area contributed by atoms with E-state index < -0.39 is 5.60 Å². The minimum atomic E-state index is -1.09. The second kappa shape index (κ2) is 15.7. The molecule has 2 aliphatic heterocycles. The van der Waals surface area contributed by atoms with E-state index in [2.05, 4.69) is 181 Å². The number of aromatic amines is 2. The SMILES string of the molecule is Cc1cc(C)c(-c2c3nc(c(-c4c(C)cc(C)cc4C)c4ccc([nH]4)c(-c4c(C)cc(C)cc4C)c4nc(c(-c5ccc(C#CC(C)(C)O)cc5)c5ccc2[nH]5)C=C4)C=C3)c(C)c1. The molecule has 7 aromatic rings.